The molecule has 0 amide bonds. The molecule has 5 nitrogen and oxygen atoms in total. The van der Waals surface area contributed by atoms with Gasteiger partial charge in [0.15, 0.2) is 0 Å². The van der Waals surface area contributed by atoms with Crippen LogP contribution in [0.2, 0.25) is 0 Å². The van der Waals surface area contributed by atoms with Crippen molar-refractivity contribution in [1.29, 1.82) is 0 Å². The summed E-state index contributed by atoms with van der Waals surface area (Å²) in [6.45, 7) is 0.0104. The number of ether oxygens (including phenoxy) is 1. The van der Waals surface area contributed by atoms with Crippen molar-refractivity contribution in [3.63, 3.8) is 0 Å². The van der Waals surface area contributed by atoms with Crippen LogP contribution in [0.15, 0.2) is 21.1 Å². The molecule has 0 spiro atoms. The van der Waals surface area contributed by atoms with Crippen LogP contribution in [-0.2, 0) is 12.7 Å². The highest BCUT2D eigenvalue weighted by atomic mass is 79.9. The summed E-state index contributed by atoms with van der Waals surface area (Å²) < 4.78 is 48.7. The van der Waals surface area contributed by atoms with E-state index >= 15 is 0 Å². The molecule has 1 aromatic carbocycles. The van der Waals surface area contributed by atoms with Crippen molar-refractivity contribution in [2.45, 2.75) is 12.7 Å². The first kappa shape index (κ1) is 14.8. The van der Waals surface area contributed by atoms with E-state index in [1.165, 1.54) is 6.07 Å². The van der Waals surface area contributed by atoms with E-state index < -0.39 is 11.7 Å². The van der Waals surface area contributed by atoms with E-state index in [0.717, 1.165) is 13.2 Å². The lowest BCUT2D eigenvalue weighted by Gasteiger charge is -2.14. The minimum absolute atomic E-state index is 0.0104. The number of aromatic nitrogens is 2. The van der Waals surface area contributed by atoms with Gasteiger partial charge in [-0.2, -0.15) is 18.2 Å². The zero-order chi connectivity index (χ0) is 14.9. The van der Waals surface area contributed by atoms with Gasteiger partial charge >= 0.3 is 6.18 Å². The van der Waals surface area contributed by atoms with Gasteiger partial charge in [0.1, 0.15) is 5.75 Å². The van der Waals surface area contributed by atoms with E-state index in [1.807, 2.05) is 0 Å². The van der Waals surface area contributed by atoms with Gasteiger partial charge in [-0.25, -0.2) is 0 Å². The second kappa shape index (κ2) is 5.41. The normalized spacial score (nSPS) is 11.7. The van der Waals surface area contributed by atoms with E-state index in [9.17, 15) is 13.2 Å². The molecule has 0 saturated carbocycles. The Kier molecular flexibility index (Phi) is 4.00. The maximum atomic E-state index is 13.0. The van der Waals surface area contributed by atoms with Gasteiger partial charge in [0.05, 0.1) is 23.7 Å². The smallest absolute Gasteiger partial charge is 0.420 e. The lowest BCUT2D eigenvalue weighted by atomic mass is 10.1. The topological polar surface area (TPSA) is 74.2 Å². The highest BCUT2D eigenvalue weighted by Gasteiger charge is 2.36. The number of rotatable bonds is 3. The van der Waals surface area contributed by atoms with Crippen LogP contribution in [0, 0.1) is 0 Å². The zero-order valence-corrected chi connectivity index (χ0v) is 11.7. The molecule has 2 rings (SSSR count). The Morgan fingerprint density at radius 2 is 2.10 bits per heavy atom. The molecule has 20 heavy (non-hydrogen) atoms. The Morgan fingerprint density at radius 1 is 1.40 bits per heavy atom. The molecule has 0 bridgehead atoms. The molecule has 2 N–H and O–H groups in total. The second-order valence-corrected chi connectivity index (χ2v) is 4.61. The molecular weight excluding hydrogens is 343 g/mol. The van der Waals surface area contributed by atoms with Gasteiger partial charge in [-0.05, 0) is 28.1 Å². The van der Waals surface area contributed by atoms with E-state index in [0.29, 0.717) is 0 Å². The summed E-state index contributed by atoms with van der Waals surface area (Å²) in [4.78, 5) is 3.89. The van der Waals surface area contributed by atoms with E-state index in [-0.39, 0.29) is 34.0 Å². The lowest BCUT2D eigenvalue weighted by Crippen LogP contribution is -2.08. The molecular formula is C11H9BrF3N3O2. The third kappa shape index (κ3) is 2.78. The number of hydrogen-bond acceptors (Lipinski definition) is 5. The fraction of sp³-hybridized carbons (Fsp3) is 0.273. The standard InChI is InChI=1S/C11H9BrF3N3O2/c1-19-9-6(11(13,14)15)2-5(3-7(9)12)10-17-8(4-16)20-18-10/h2-3H,4,16H2,1H3. The van der Waals surface area contributed by atoms with Crippen molar-refractivity contribution in [2.24, 2.45) is 5.73 Å². The van der Waals surface area contributed by atoms with Crippen LogP contribution in [0.5, 0.6) is 5.75 Å². The molecule has 9 heteroatoms. The zero-order valence-electron chi connectivity index (χ0n) is 10.2. The molecule has 1 heterocycles. The number of hydrogen-bond donors (Lipinski definition) is 1. The minimum atomic E-state index is -4.57. The largest absolute Gasteiger partial charge is 0.495 e. The van der Waals surface area contributed by atoms with Gasteiger partial charge in [0.25, 0.3) is 0 Å². The Hall–Kier alpha value is -1.61. The first-order valence-corrected chi connectivity index (χ1v) is 6.14. The molecule has 0 aliphatic rings. The number of nitrogens with zero attached hydrogens (tertiary/aromatic N) is 2. The molecule has 2 aromatic rings. The maximum Gasteiger partial charge on any atom is 0.420 e. The molecule has 1 aromatic heterocycles. The van der Waals surface area contributed by atoms with Crippen molar-refractivity contribution >= 4 is 15.9 Å². The first-order valence-electron chi connectivity index (χ1n) is 5.34. The predicted molar refractivity (Wildman–Crippen MR) is 66.9 cm³/mol. The lowest BCUT2D eigenvalue weighted by molar-refractivity contribution is -0.138. The Bertz CT molecular complexity index is 628. The summed E-state index contributed by atoms with van der Waals surface area (Å²) >= 11 is 3.04. The molecule has 0 atom stereocenters. The molecule has 0 aliphatic carbocycles. The number of halogens is 4. The van der Waals surface area contributed by atoms with Gasteiger partial charge < -0.3 is 15.0 Å². The fourth-order valence-corrected chi connectivity index (χ4v) is 2.22. The van der Waals surface area contributed by atoms with Gasteiger partial charge in [0.2, 0.25) is 11.7 Å². The summed E-state index contributed by atoms with van der Waals surface area (Å²) in [5.74, 6) is -0.136. The summed E-state index contributed by atoms with van der Waals surface area (Å²) in [6, 6.07) is 2.31. The summed E-state index contributed by atoms with van der Waals surface area (Å²) in [6.07, 6.45) is -4.57. The van der Waals surface area contributed by atoms with Gasteiger partial charge in [-0.3, -0.25) is 0 Å². The first-order chi connectivity index (χ1) is 9.36. The van der Waals surface area contributed by atoms with Crippen LogP contribution in [0.1, 0.15) is 11.5 Å². The monoisotopic (exact) mass is 351 g/mol. The van der Waals surface area contributed by atoms with Crippen LogP contribution >= 0.6 is 15.9 Å². The number of methoxy groups -OCH3 is 1. The van der Waals surface area contributed by atoms with E-state index in [1.54, 1.807) is 0 Å². The van der Waals surface area contributed by atoms with Crippen molar-refractivity contribution in [3.8, 4) is 17.1 Å². The number of benzene rings is 1. The molecule has 0 saturated heterocycles. The van der Waals surface area contributed by atoms with Gasteiger partial charge in [-0.15, -0.1) is 0 Å². The van der Waals surface area contributed by atoms with Crippen molar-refractivity contribution in [1.82, 2.24) is 10.1 Å². The Balaban J connectivity index is 2.58. The van der Waals surface area contributed by atoms with Crippen molar-refractivity contribution in [2.75, 3.05) is 7.11 Å². The van der Waals surface area contributed by atoms with Crippen LogP contribution in [0.3, 0.4) is 0 Å². The third-order valence-electron chi connectivity index (χ3n) is 2.45. The molecule has 0 aliphatic heterocycles. The fourth-order valence-electron chi connectivity index (χ4n) is 1.60. The second-order valence-electron chi connectivity index (χ2n) is 3.75. The van der Waals surface area contributed by atoms with Crippen LogP contribution < -0.4 is 10.5 Å². The van der Waals surface area contributed by atoms with Crippen LogP contribution in [0.25, 0.3) is 11.4 Å². The van der Waals surface area contributed by atoms with Crippen LogP contribution in [-0.4, -0.2) is 17.3 Å². The number of nitrogens with two attached hydrogens (primary N) is 1. The molecule has 108 valence electrons. The van der Waals surface area contributed by atoms with Gasteiger partial charge in [-0.1, -0.05) is 5.16 Å². The summed E-state index contributed by atoms with van der Waals surface area (Å²) in [5.41, 5.74) is 4.53. The summed E-state index contributed by atoms with van der Waals surface area (Å²) in [5, 5.41) is 3.58. The average Bonchev–Trinajstić information content (AvgIpc) is 2.85. The Labute approximate surface area is 120 Å². The molecule has 0 radical (unpaired) electrons. The van der Waals surface area contributed by atoms with Crippen molar-refractivity contribution < 1.29 is 22.4 Å². The average molecular weight is 352 g/mol. The highest BCUT2D eigenvalue weighted by Crippen LogP contribution is 2.42. The highest BCUT2D eigenvalue weighted by molar-refractivity contribution is 9.10. The van der Waals surface area contributed by atoms with Crippen LogP contribution in [0.4, 0.5) is 13.2 Å². The van der Waals surface area contributed by atoms with E-state index in [2.05, 4.69) is 26.1 Å². The third-order valence-corrected chi connectivity index (χ3v) is 3.04. The summed E-state index contributed by atoms with van der Waals surface area (Å²) in [7, 11) is 1.16. The minimum Gasteiger partial charge on any atom is -0.495 e. The van der Waals surface area contributed by atoms with E-state index in [4.69, 9.17) is 15.0 Å². The molecule has 0 unspecified atom stereocenters. The molecule has 0 fully saturated rings. The SMILES string of the molecule is COc1c(Br)cc(-c2noc(CN)n2)cc1C(F)(F)F. The predicted octanol–water partition coefficient (Wildman–Crippen LogP) is 2.99. The van der Waals surface area contributed by atoms with Crippen molar-refractivity contribution in [3.05, 3.63) is 28.1 Å². The quantitative estimate of drug-likeness (QED) is 0.919. The Morgan fingerprint density at radius 3 is 2.60 bits per heavy atom. The van der Waals surface area contributed by atoms with Gasteiger partial charge in [0, 0.05) is 5.56 Å². The maximum absolute atomic E-state index is 13.0. The number of alkyl halides is 3.